The van der Waals surface area contributed by atoms with Crippen molar-refractivity contribution in [3.8, 4) is 5.75 Å². The van der Waals surface area contributed by atoms with Crippen molar-refractivity contribution in [1.82, 2.24) is 10.3 Å². The normalized spacial score (nSPS) is 21.7. The summed E-state index contributed by atoms with van der Waals surface area (Å²) in [6.45, 7) is 8.24. The summed E-state index contributed by atoms with van der Waals surface area (Å²) in [6, 6.07) is 6.40. The molecule has 0 saturated heterocycles. The maximum absolute atomic E-state index is 12.0. The van der Waals surface area contributed by atoms with Crippen LogP contribution in [0.25, 0.3) is 10.9 Å². The van der Waals surface area contributed by atoms with Crippen molar-refractivity contribution < 1.29 is 14.3 Å². The summed E-state index contributed by atoms with van der Waals surface area (Å²) < 4.78 is 12.4. The molecule has 4 rings (SSSR count). The number of carbonyl (C=O) groups is 1. The van der Waals surface area contributed by atoms with Crippen molar-refractivity contribution in [3.05, 3.63) is 28.9 Å². The van der Waals surface area contributed by atoms with Gasteiger partial charge in [0.1, 0.15) is 12.2 Å². The van der Waals surface area contributed by atoms with Gasteiger partial charge in [-0.25, -0.2) is 4.79 Å². The molecular weight excluding hydrogens is 446 g/mol. The predicted octanol–water partition coefficient (Wildman–Crippen LogP) is 5.28. The zero-order valence-corrected chi connectivity index (χ0v) is 19.5. The van der Waals surface area contributed by atoms with E-state index in [-0.39, 0.29) is 12.1 Å². The van der Waals surface area contributed by atoms with Gasteiger partial charge in [0.15, 0.2) is 5.75 Å². The number of rotatable bonds is 3. The SMILES string of the molecule is CC(C)(C)OC(=O)NC1CCC(CN2CCOc3cnc4ccc(Br)cc4c32)CC1. The number of nitrogens with zero attached hydrogens (tertiary/aromatic N) is 2. The largest absolute Gasteiger partial charge is 0.488 e. The molecule has 1 fully saturated rings. The topological polar surface area (TPSA) is 63.7 Å². The number of amides is 1. The van der Waals surface area contributed by atoms with E-state index in [1.807, 2.05) is 39.1 Å². The summed E-state index contributed by atoms with van der Waals surface area (Å²) in [4.78, 5) is 19.1. The number of alkyl carbamates (subject to hydrolysis) is 1. The second-order valence-electron chi connectivity index (χ2n) is 9.29. The molecule has 1 aliphatic carbocycles. The Hall–Kier alpha value is -2.02. The molecule has 162 valence electrons. The fourth-order valence-electron chi connectivity index (χ4n) is 4.40. The van der Waals surface area contributed by atoms with E-state index in [9.17, 15) is 4.79 Å². The van der Waals surface area contributed by atoms with E-state index in [1.54, 1.807) is 0 Å². The van der Waals surface area contributed by atoms with Crippen molar-refractivity contribution in [2.75, 3.05) is 24.6 Å². The third-order valence-corrected chi connectivity index (χ3v) is 6.24. The van der Waals surface area contributed by atoms with Crippen LogP contribution in [-0.4, -0.2) is 42.4 Å². The lowest BCUT2D eigenvalue weighted by molar-refractivity contribution is 0.0487. The molecular formula is C23H30BrN3O3. The number of hydrogen-bond donors (Lipinski definition) is 1. The van der Waals surface area contributed by atoms with Gasteiger partial charge < -0.3 is 19.7 Å². The highest BCUT2D eigenvalue weighted by molar-refractivity contribution is 9.10. The molecule has 2 heterocycles. The van der Waals surface area contributed by atoms with Gasteiger partial charge in [0.25, 0.3) is 0 Å². The lowest BCUT2D eigenvalue weighted by Gasteiger charge is -2.37. The zero-order chi connectivity index (χ0) is 21.3. The first-order valence-corrected chi connectivity index (χ1v) is 11.5. The minimum atomic E-state index is -0.461. The second-order valence-corrected chi connectivity index (χ2v) is 10.2. The van der Waals surface area contributed by atoms with Crippen molar-refractivity contribution in [2.24, 2.45) is 5.92 Å². The summed E-state index contributed by atoms with van der Waals surface area (Å²) in [5.74, 6) is 1.47. The molecule has 0 atom stereocenters. The fraction of sp³-hybridized carbons (Fsp3) is 0.565. The number of aromatic nitrogens is 1. The Bertz CT molecular complexity index is 920. The number of anilines is 1. The third-order valence-electron chi connectivity index (χ3n) is 5.75. The molecule has 6 nitrogen and oxygen atoms in total. The lowest BCUT2D eigenvalue weighted by atomic mass is 9.85. The maximum Gasteiger partial charge on any atom is 0.407 e. The Morgan fingerprint density at radius 1 is 1.30 bits per heavy atom. The highest BCUT2D eigenvalue weighted by atomic mass is 79.9. The molecule has 2 aliphatic rings. The van der Waals surface area contributed by atoms with E-state index in [2.05, 4.69) is 37.2 Å². The monoisotopic (exact) mass is 475 g/mol. The van der Waals surface area contributed by atoms with Crippen LogP contribution in [0.2, 0.25) is 0 Å². The molecule has 0 unspecified atom stereocenters. The van der Waals surface area contributed by atoms with Crippen molar-refractivity contribution in [3.63, 3.8) is 0 Å². The molecule has 1 aromatic heterocycles. The summed E-state index contributed by atoms with van der Waals surface area (Å²) in [5.41, 5.74) is 1.68. The molecule has 1 amide bonds. The van der Waals surface area contributed by atoms with E-state index in [0.29, 0.717) is 12.5 Å². The van der Waals surface area contributed by atoms with Crippen LogP contribution < -0.4 is 15.0 Å². The van der Waals surface area contributed by atoms with E-state index < -0.39 is 5.60 Å². The van der Waals surface area contributed by atoms with Gasteiger partial charge in [0, 0.05) is 22.4 Å². The van der Waals surface area contributed by atoms with Gasteiger partial charge in [-0.2, -0.15) is 0 Å². The zero-order valence-electron chi connectivity index (χ0n) is 17.9. The molecule has 1 saturated carbocycles. The van der Waals surface area contributed by atoms with E-state index >= 15 is 0 Å². The Morgan fingerprint density at radius 2 is 2.07 bits per heavy atom. The van der Waals surface area contributed by atoms with Crippen molar-refractivity contribution >= 4 is 38.6 Å². The molecule has 0 spiro atoms. The number of halogens is 1. The Labute approximate surface area is 186 Å². The molecule has 2 aromatic rings. The molecule has 1 N–H and O–H groups in total. The highest BCUT2D eigenvalue weighted by Crippen LogP contribution is 2.39. The van der Waals surface area contributed by atoms with Crippen LogP contribution in [0.3, 0.4) is 0 Å². The molecule has 30 heavy (non-hydrogen) atoms. The Morgan fingerprint density at radius 3 is 2.80 bits per heavy atom. The van der Waals surface area contributed by atoms with Gasteiger partial charge in [0.2, 0.25) is 0 Å². The lowest BCUT2D eigenvalue weighted by Crippen LogP contribution is -2.43. The minimum Gasteiger partial charge on any atom is -0.488 e. The molecule has 7 heteroatoms. The van der Waals surface area contributed by atoms with Crippen LogP contribution in [0.1, 0.15) is 46.5 Å². The van der Waals surface area contributed by atoms with Crippen LogP contribution in [0.5, 0.6) is 5.75 Å². The fourth-order valence-corrected chi connectivity index (χ4v) is 4.76. The third kappa shape index (κ3) is 4.99. The quantitative estimate of drug-likeness (QED) is 0.653. The Kier molecular flexibility index (Phi) is 6.09. The summed E-state index contributed by atoms with van der Waals surface area (Å²) in [6.07, 6.45) is 5.71. The van der Waals surface area contributed by atoms with Crippen LogP contribution in [0.15, 0.2) is 28.9 Å². The molecule has 0 bridgehead atoms. The van der Waals surface area contributed by atoms with Crippen LogP contribution >= 0.6 is 15.9 Å². The number of fused-ring (bicyclic) bond motifs is 3. The predicted molar refractivity (Wildman–Crippen MR) is 122 cm³/mol. The highest BCUT2D eigenvalue weighted by Gasteiger charge is 2.28. The first-order valence-electron chi connectivity index (χ1n) is 10.7. The van der Waals surface area contributed by atoms with Crippen LogP contribution in [0.4, 0.5) is 10.5 Å². The molecule has 1 aliphatic heterocycles. The number of nitrogens with one attached hydrogen (secondary N) is 1. The number of hydrogen-bond acceptors (Lipinski definition) is 5. The average molecular weight is 476 g/mol. The van der Waals surface area contributed by atoms with Crippen LogP contribution in [0, 0.1) is 5.92 Å². The van der Waals surface area contributed by atoms with Crippen molar-refractivity contribution in [2.45, 2.75) is 58.1 Å². The summed E-state index contributed by atoms with van der Waals surface area (Å²) in [7, 11) is 0. The van der Waals surface area contributed by atoms with Gasteiger partial charge in [-0.15, -0.1) is 0 Å². The number of carbonyl (C=O) groups excluding carboxylic acids is 1. The average Bonchev–Trinajstić information content (AvgIpc) is 2.68. The van der Waals surface area contributed by atoms with E-state index in [1.165, 1.54) is 0 Å². The van der Waals surface area contributed by atoms with Gasteiger partial charge in [-0.05, 0) is 70.6 Å². The summed E-state index contributed by atoms with van der Waals surface area (Å²) in [5, 5.41) is 4.16. The Balaban J connectivity index is 1.40. The maximum atomic E-state index is 12.0. The van der Waals surface area contributed by atoms with Gasteiger partial charge in [0.05, 0.1) is 23.9 Å². The van der Waals surface area contributed by atoms with Gasteiger partial charge in [-0.3, -0.25) is 4.98 Å². The smallest absolute Gasteiger partial charge is 0.407 e. The van der Waals surface area contributed by atoms with E-state index in [4.69, 9.17) is 9.47 Å². The van der Waals surface area contributed by atoms with E-state index in [0.717, 1.165) is 65.6 Å². The number of ether oxygens (including phenoxy) is 2. The first kappa shape index (κ1) is 21.2. The molecule has 1 aromatic carbocycles. The summed E-state index contributed by atoms with van der Waals surface area (Å²) >= 11 is 3.59. The number of pyridine rings is 1. The standard InChI is InChI=1S/C23H30BrN3O3/c1-23(2,3)30-22(28)26-17-7-4-15(5-8-17)14-27-10-11-29-20-13-25-19-9-6-16(24)12-18(19)21(20)27/h6,9,12-13,15,17H,4-5,7-8,10-11,14H2,1-3H3,(H,26,28). The van der Waals surface area contributed by atoms with Gasteiger partial charge >= 0.3 is 6.09 Å². The minimum absolute atomic E-state index is 0.203. The van der Waals surface area contributed by atoms with Crippen LogP contribution in [-0.2, 0) is 4.74 Å². The second kappa shape index (κ2) is 8.61. The first-order chi connectivity index (χ1) is 14.3. The van der Waals surface area contributed by atoms with Gasteiger partial charge in [-0.1, -0.05) is 15.9 Å². The molecule has 0 radical (unpaired) electrons. The number of benzene rings is 1. The van der Waals surface area contributed by atoms with Crippen molar-refractivity contribution in [1.29, 1.82) is 0 Å².